The Morgan fingerprint density at radius 3 is 2.43 bits per heavy atom. The van der Waals surface area contributed by atoms with Crippen molar-refractivity contribution in [2.24, 2.45) is 0 Å². The molecule has 1 aliphatic heterocycles. The van der Waals surface area contributed by atoms with Crippen molar-refractivity contribution >= 4 is 23.2 Å². The van der Waals surface area contributed by atoms with Crippen LogP contribution in [0.15, 0.2) is 36.4 Å². The van der Waals surface area contributed by atoms with Crippen LogP contribution >= 0.6 is 0 Å². The van der Waals surface area contributed by atoms with Crippen LogP contribution in [0.2, 0.25) is 0 Å². The van der Waals surface area contributed by atoms with Crippen molar-refractivity contribution < 1.29 is 18.9 Å². The van der Waals surface area contributed by atoms with Gasteiger partial charge in [-0.1, -0.05) is 12.1 Å². The Kier molecular flexibility index (Phi) is 6.29. The molecule has 0 bridgehead atoms. The number of amides is 2. The minimum atomic E-state index is -0.507. The maximum atomic E-state index is 13.4. The highest BCUT2D eigenvalue weighted by Crippen LogP contribution is 2.30. The standard InChI is InChI=1S/C21H23FN4O4/c1-14-11-16(3-5-18(14)22)13-23-21(28)17-4-6-19(20(12-17)26(29)30)25-9-7-24(8-10-25)15(2)27/h3-6,11-12H,7-10,13H2,1-2H3,(H,23,28). The van der Waals surface area contributed by atoms with E-state index < -0.39 is 10.8 Å². The van der Waals surface area contributed by atoms with Gasteiger partial charge in [-0.2, -0.15) is 0 Å². The number of benzene rings is 2. The lowest BCUT2D eigenvalue weighted by atomic mass is 10.1. The lowest BCUT2D eigenvalue weighted by Crippen LogP contribution is -2.48. The first-order valence-corrected chi connectivity index (χ1v) is 9.58. The normalized spacial score (nSPS) is 13.8. The van der Waals surface area contributed by atoms with Gasteiger partial charge < -0.3 is 15.1 Å². The number of nitrogens with one attached hydrogen (secondary N) is 1. The van der Waals surface area contributed by atoms with Crippen molar-refractivity contribution in [1.29, 1.82) is 0 Å². The Morgan fingerprint density at radius 1 is 1.13 bits per heavy atom. The zero-order valence-electron chi connectivity index (χ0n) is 16.9. The van der Waals surface area contributed by atoms with Crippen molar-refractivity contribution in [3.63, 3.8) is 0 Å². The van der Waals surface area contributed by atoms with Crippen molar-refractivity contribution in [1.82, 2.24) is 10.2 Å². The van der Waals surface area contributed by atoms with Crippen LogP contribution in [0.25, 0.3) is 0 Å². The fourth-order valence-electron chi connectivity index (χ4n) is 3.44. The van der Waals surface area contributed by atoms with Gasteiger partial charge in [-0.15, -0.1) is 0 Å². The van der Waals surface area contributed by atoms with Crippen LogP contribution in [0.4, 0.5) is 15.8 Å². The molecule has 0 spiro atoms. The number of hydrogen-bond donors (Lipinski definition) is 1. The van der Waals surface area contributed by atoms with E-state index in [1.807, 2.05) is 4.90 Å². The summed E-state index contributed by atoms with van der Waals surface area (Å²) in [5, 5.41) is 14.3. The van der Waals surface area contributed by atoms with Crippen LogP contribution in [-0.2, 0) is 11.3 Å². The van der Waals surface area contributed by atoms with Crippen molar-refractivity contribution in [2.45, 2.75) is 20.4 Å². The largest absolute Gasteiger partial charge is 0.362 e. The molecular weight excluding hydrogens is 391 g/mol. The second-order valence-electron chi connectivity index (χ2n) is 7.22. The first-order chi connectivity index (χ1) is 14.3. The number of piperazine rings is 1. The maximum Gasteiger partial charge on any atom is 0.293 e. The molecule has 2 aromatic carbocycles. The van der Waals surface area contributed by atoms with E-state index in [2.05, 4.69) is 5.32 Å². The highest BCUT2D eigenvalue weighted by molar-refractivity contribution is 5.95. The molecule has 1 heterocycles. The number of rotatable bonds is 5. The second kappa shape index (κ2) is 8.89. The van der Waals surface area contributed by atoms with E-state index in [1.165, 1.54) is 19.1 Å². The molecule has 30 heavy (non-hydrogen) atoms. The van der Waals surface area contributed by atoms with Gasteiger partial charge in [-0.25, -0.2) is 4.39 Å². The number of carbonyl (C=O) groups excluding carboxylic acids is 2. The third-order valence-electron chi connectivity index (χ3n) is 5.18. The van der Waals surface area contributed by atoms with Crippen LogP contribution in [0, 0.1) is 22.9 Å². The first kappa shape index (κ1) is 21.2. The van der Waals surface area contributed by atoms with E-state index in [1.54, 1.807) is 36.1 Å². The van der Waals surface area contributed by atoms with E-state index in [0.29, 0.717) is 37.4 Å². The summed E-state index contributed by atoms with van der Waals surface area (Å²) < 4.78 is 13.4. The van der Waals surface area contributed by atoms with Crippen LogP contribution in [0.3, 0.4) is 0 Å². The number of anilines is 1. The minimum absolute atomic E-state index is 0.0208. The lowest BCUT2D eigenvalue weighted by Gasteiger charge is -2.35. The third kappa shape index (κ3) is 4.73. The van der Waals surface area contributed by atoms with Gasteiger partial charge in [0, 0.05) is 51.3 Å². The molecule has 0 saturated carbocycles. The number of nitro benzene ring substituents is 1. The summed E-state index contributed by atoms with van der Waals surface area (Å²) in [5.74, 6) is -0.791. The number of carbonyl (C=O) groups is 2. The Bertz CT molecular complexity index is 987. The maximum absolute atomic E-state index is 13.4. The molecular formula is C21H23FN4O4. The van der Waals surface area contributed by atoms with Crippen LogP contribution in [-0.4, -0.2) is 47.8 Å². The van der Waals surface area contributed by atoms with E-state index in [0.717, 1.165) is 5.56 Å². The summed E-state index contributed by atoms with van der Waals surface area (Å²) in [5.41, 5.74) is 1.65. The summed E-state index contributed by atoms with van der Waals surface area (Å²) in [4.78, 5) is 38.6. The molecule has 0 radical (unpaired) electrons. The number of nitrogens with zero attached hydrogens (tertiary/aromatic N) is 3. The smallest absolute Gasteiger partial charge is 0.293 e. The molecule has 158 valence electrons. The van der Waals surface area contributed by atoms with Crippen molar-refractivity contribution in [3.05, 3.63) is 69.0 Å². The van der Waals surface area contributed by atoms with Gasteiger partial charge in [0.05, 0.1) is 4.92 Å². The van der Waals surface area contributed by atoms with E-state index in [-0.39, 0.29) is 29.5 Å². The Balaban J connectivity index is 1.72. The molecule has 0 aliphatic carbocycles. The molecule has 9 heteroatoms. The Morgan fingerprint density at radius 2 is 1.83 bits per heavy atom. The average molecular weight is 414 g/mol. The third-order valence-corrected chi connectivity index (χ3v) is 5.18. The van der Waals surface area contributed by atoms with Crippen molar-refractivity contribution in [3.8, 4) is 0 Å². The molecule has 8 nitrogen and oxygen atoms in total. The summed E-state index contributed by atoms with van der Waals surface area (Å²) in [6.45, 7) is 5.27. The average Bonchev–Trinajstić information content (AvgIpc) is 2.74. The van der Waals surface area contributed by atoms with Crippen LogP contribution in [0.5, 0.6) is 0 Å². The monoisotopic (exact) mass is 414 g/mol. The molecule has 1 fully saturated rings. The van der Waals surface area contributed by atoms with Gasteiger partial charge in [0.25, 0.3) is 11.6 Å². The molecule has 1 saturated heterocycles. The number of aryl methyl sites for hydroxylation is 1. The number of nitro groups is 1. The minimum Gasteiger partial charge on any atom is -0.362 e. The summed E-state index contributed by atoms with van der Waals surface area (Å²) >= 11 is 0. The van der Waals surface area contributed by atoms with Crippen LogP contribution in [0.1, 0.15) is 28.4 Å². The van der Waals surface area contributed by atoms with E-state index in [4.69, 9.17) is 0 Å². The number of hydrogen-bond acceptors (Lipinski definition) is 5. The second-order valence-corrected chi connectivity index (χ2v) is 7.22. The zero-order valence-corrected chi connectivity index (χ0v) is 16.9. The first-order valence-electron chi connectivity index (χ1n) is 9.58. The van der Waals surface area contributed by atoms with Gasteiger partial charge in [0.2, 0.25) is 5.91 Å². The molecule has 2 amide bonds. The van der Waals surface area contributed by atoms with E-state index in [9.17, 15) is 24.1 Å². The Labute approximate surface area is 173 Å². The zero-order chi connectivity index (χ0) is 21.8. The fourth-order valence-corrected chi connectivity index (χ4v) is 3.44. The molecule has 1 aliphatic rings. The van der Waals surface area contributed by atoms with Gasteiger partial charge in [-0.3, -0.25) is 19.7 Å². The van der Waals surface area contributed by atoms with Gasteiger partial charge in [0.15, 0.2) is 0 Å². The van der Waals surface area contributed by atoms with Gasteiger partial charge in [-0.05, 0) is 36.2 Å². The van der Waals surface area contributed by atoms with Crippen molar-refractivity contribution in [2.75, 3.05) is 31.1 Å². The molecule has 0 aromatic heterocycles. The molecule has 1 N–H and O–H groups in total. The quantitative estimate of drug-likeness (QED) is 0.599. The SMILES string of the molecule is CC(=O)N1CCN(c2ccc(C(=O)NCc3ccc(F)c(C)c3)cc2[N+](=O)[O-])CC1. The highest BCUT2D eigenvalue weighted by Gasteiger charge is 2.25. The van der Waals surface area contributed by atoms with E-state index >= 15 is 0 Å². The lowest BCUT2D eigenvalue weighted by molar-refractivity contribution is -0.384. The topological polar surface area (TPSA) is 95.8 Å². The number of halogens is 1. The molecule has 0 unspecified atom stereocenters. The Hall–Kier alpha value is -3.49. The summed E-state index contributed by atoms with van der Waals surface area (Å²) in [6.07, 6.45) is 0. The summed E-state index contributed by atoms with van der Waals surface area (Å²) in [7, 11) is 0. The molecule has 2 aromatic rings. The van der Waals surface area contributed by atoms with Gasteiger partial charge >= 0.3 is 0 Å². The molecule has 3 rings (SSSR count). The predicted molar refractivity (Wildman–Crippen MR) is 110 cm³/mol. The molecule has 0 atom stereocenters. The predicted octanol–water partition coefficient (Wildman–Crippen LogP) is 2.64. The highest BCUT2D eigenvalue weighted by atomic mass is 19.1. The van der Waals surface area contributed by atoms with Crippen LogP contribution < -0.4 is 10.2 Å². The summed E-state index contributed by atoms with van der Waals surface area (Å²) in [6, 6.07) is 8.93. The fraction of sp³-hybridized carbons (Fsp3) is 0.333. The van der Waals surface area contributed by atoms with Gasteiger partial charge in [0.1, 0.15) is 11.5 Å².